The Morgan fingerprint density at radius 2 is 1.93 bits per heavy atom. The molecular weight excluding hydrogens is 178 g/mol. The van der Waals surface area contributed by atoms with Crippen LogP contribution in [0.5, 0.6) is 0 Å². The zero-order chi connectivity index (χ0) is 10.6. The second-order valence-corrected chi connectivity index (χ2v) is 4.01. The Morgan fingerprint density at radius 3 is 2.43 bits per heavy atom. The Morgan fingerprint density at radius 1 is 1.36 bits per heavy atom. The van der Waals surface area contributed by atoms with Crippen molar-refractivity contribution in [3.8, 4) is 0 Å². The van der Waals surface area contributed by atoms with Crippen molar-refractivity contribution < 1.29 is 5.11 Å². The SMILES string of the molecule is Cc1ncc(NCCC(C)(C)O)cn1. The summed E-state index contributed by atoms with van der Waals surface area (Å²) in [6, 6.07) is 0. The van der Waals surface area contributed by atoms with Gasteiger partial charge in [0.25, 0.3) is 0 Å². The van der Waals surface area contributed by atoms with Gasteiger partial charge in [0.15, 0.2) is 0 Å². The molecule has 0 aromatic carbocycles. The first-order valence-corrected chi connectivity index (χ1v) is 4.72. The molecule has 1 aromatic rings. The van der Waals surface area contributed by atoms with Crippen molar-refractivity contribution in [2.45, 2.75) is 32.8 Å². The molecule has 0 amide bonds. The van der Waals surface area contributed by atoms with Gasteiger partial charge in [-0.2, -0.15) is 0 Å². The number of aliphatic hydroxyl groups is 1. The zero-order valence-electron chi connectivity index (χ0n) is 8.91. The molecule has 1 rings (SSSR count). The molecule has 0 saturated heterocycles. The average molecular weight is 195 g/mol. The Labute approximate surface area is 84.4 Å². The van der Waals surface area contributed by atoms with Gasteiger partial charge in [0.05, 0.1) is 23.7 Å². The van der Waals surface area contributed by atoms with Gasteiger partial charge in [-0.3, -0.25) is 0 Å². The topological polar surface area (TPSA) is 58.0 Å². The summed E-state index contributed by atoms with van der Waals surface area (Å²) < 4.78 is 0. The Hall–Kier alpha value is -1.16. The predicted octanol–water partition coefficient (Wildman–Crippen LogP) is 1.36. The summed E-state index contributed by atoms with van der Waals surface area (Å²) in [5, 5.41) is 12.6. The highest BCUT2D eigenvalue weighted by Crippen LogP contribution is 2.08. The van der Waals surface area contributed by atoms with Crippen molar-refractivity contribution in [1.82, 2.24) is 9.97 Å². The molecule has 0 radical (unpaired) electrons. The molecule has 78 valence electrons. The van der Waals surface area contributed by atoms with E-state index in [2.05, 4.69) is 15.3 Å². The summed E-state index contributed by atoms with van der Waals surface area (Å²) in [6.07, 6.45) is 4.18. The Bertz CT molecular complexity index is 276. The molecule has 0 atom stereocenters. The molecule has 0 bridgehead atoms. The largest absolute Gasteiger partial charge is 0.390 e. The van der Waals surface area contributed by atoms with Gasteiger partial charge in [0.2, 0.25) is 0 Å². The number of nitrogens with zero attached hydrogens (tertiary/aromatic N) is 2. The van der Waals surface area contributed by atoms with E-state index < -0.39 is 5.60 Å². The third-order valence-electron chi connectivity index (χ3n) is 1.85. The molecule has 4 heteroatoms. The molecule has 1 heterocycles. The van der Waals surface area contributed by atoms with Crippen LogP contribution in [0.2, 0.25) is 0 Å². The van der Waals surface area contributed by atoms with E-state index in [0.29, 0.717) is 6.42 Å². The summed E-state index contributed by atoms with van der Waals surface area (Å²) in [5.74, 6) is 0.762. The van der Waals surface area contributed by atoms with Crippen LogP contribution in [0.3, 0.4) is 0 Å². The molecule has 14 heavy (non-hydrogen) atoms. The summed E-state index contributed by atoms with van der Waals surface area (Å²) >= 11 is 0. The van der Waals surface area contributed by atoms with Crippen molar-refractivity contribution in [3.63, 3.8) is 0 Å². The summed E-state index contributed by atoms with van der Waals surface area (Å²) in [4.78, 5) is 8.12. The molecule has 0 aliphatic heterocycles. The maximum absolute atomic E-state index is 9.47. The maximum Gasteiger partial charge on any atom is 0.125 e. The van der Waals surface area contributed by atoms with Crippen LogP contribution in [0.25, 0.3) is 0 Å². The molecule has 0 fully saturated rings. The highest BCUT2D eigenvalue weighted by Gasteiger charge is 2.10. The van der Waals surface area contributed by atoms with Gasteiger partial charge < -0.3 is 10.4 Å². The number of anilines is 1. The van der Waals surface area contributed by atoms with Crippen LogP contribution in [0.15, 0.2) is 12.4 Å². The van der Waals surface area contributed by atoms with Crippen LogP contribution in [0.1, 0.15) is 26.1 Å². The smallest absolute Gasteiger partial charge is 0.125 e. The minimum absolute atomic E-state index is 0.626. The van der Waals surface area contributed by atoms with Gasteiger partial charge in [-0.25, -0.2) is 9.97 Å². The number of hydrogen-bond acceptors (Lipinski definition) is 4. The average Bonchev–Trinajstić information content (AvgIpc) is 2.06. The van der Waals surface area contributed by atoms with Gasteiger partial charge in [-0.15, -0.1) is 0 Å². The summed E-state index contributed by atoms with van der Waals surface area (Å²) in [5.41, 5.74) is 0.262. The second-order valence-electron chi connectivity index (χ2n) is 4.01. The lowest BCUT2D eigenvalue weighted by molar-refractivity contribution is 0.0749. The molecule has 1 aromatic heterocycles. The Balaban J connectivity index is 2.35. The monoisotopic (exact) mass is 195 g/mol. The fourth-order valence-electron chi connectivity index (χ4n) is 0.997. The number of aryl methyl sites for hydroxylation is 1. The molecule has 0 spiro atoms. The van der Waals surface area contributed by atoms with E-state index >= 15 is 0 Å². The number of rotatable bonds is 4. The van der Waals surface area contributed by atoms with Crippen molar-refractivity contribution in [3.05, 3.63) is 18.2 Å². The van der Waals surface area contributed by atoms with Crippen LogP contribution in [-0.2, 0) is 0 Å². The van der Waals surface area contributed by atoms with E-state index in [4.69, 9.17) is 0 Å². The number of nitrogens with one attached hydrogen (secondary N) is 1. The van der Waals surface area contributed by atoms with E-state index in [0.717, 1.165) is 18.1 Å². The lowest BCUT2D eigenvalue weighted by Crippen LogP contribution is -2.22. The summed E-state index contributed by atoms with van der Waals surface area (Å²) in [7, 11) is 0. The van der Waals surface area contributed by atoms with E-state index in [1.54, 1.807) is 26.2 Å². The van der Waals surface area contributed by atoms with E-state index in [1.807, 2.05) is 6.92 Å². The first kappa shape index (κ1) is 10.9. The van der Waals surface area contributed by atoms with E-state index in [1.165, 1.54) is 0 Å². The number of aromatic nitrogens is 2. The molecule has 2 N–H and O–H groups in total. The minimum atomic E-state index is -0.626. The van der Waals surface area contributed by atoms with Crippen LogP contribution in [-0.4, -0.2) is 27.2 Å². The highest BCUT2D eigenvalue weighted by molar-refractivity contribution is 5.37. The van der Waals surface area contributed by atoms with Gasteiger partial charge in [0.1, 0.15) is 5.82 Å². The minimum Gasteiger partial charge on any atom is -0.390 e. The first-order chi connectivity index (χ1) is 6.47. The quantitative estimate of drug-likeness (QED) is 0.761. The Kier molecular flexibility index (Phi) is 3.41. The second kappa shape index (κ2) is 4.37. The van der Waals surface area contributed by atoms with Gasteiger partial charge in [0, 0.05) is 6.54 Å². The lowest BCUT2D eigenvalue weighted by atomic mass is 10.1. The van der Waals surface area contributed by atoms with Crippen LogP contribution in [0.4, 0.5) is 5.69 Å². The fraction of sp³-hybridized carbons (Fsp3) is 0.600. The standard InChI is InChI=1S/C10H17N3O/c1-8-12-6-9(7-13-8)11-5-4-10(2,3)14/h6-7,11,14H,4-5H2,1-3H3. The van der Waals surface area contributed by atoms with E-state index in [9.17, 15) is 5.11 Å². The molecule has 0 saturated carbocycles. The fourth-order valence-corrected chi connectivity index (χ4v) is 0.997. The first-order valence-electron chi connectivity index (χ1n) is 4.72. The van der Waals surface area contributed by atoms with Crippen molar-refractivity contribution in [2.75, 3.05) is 11.9 Å². The van der Waals surface area contributed by atoms with Crippen LogP contribution < -0.4 is 5.32 Å². The zero-order valence-corrected chi connectivity index (χ0v) is 8.91. The van der Waals surface area contributed by atoms with Crippen molar-refractivity contribution >= 4 is 5.69 Å². The summed E-state index contributed by atoms with van der Waals surface area (Å²) in [6.45, 7) is 6.15. The molecular formula is C10H17N3O. The maximum atomic E-state index is 9.47. The molecule has 0 aliphatic carbocycles. The van der Waals surface area contributed by atoms with Gasteiger partial charge >= 0.3 is 0 Å². The molecule has 0 aliphatic rings. The van der Waals surface area contributed by atoms with Gasteiger partial charge in [-0.1, -0.05) is 0 Å². The molecule has 4 nitrogen and oxygen atoms in total. The number of hydrogen-bond donors (Lipinski definition) is 2. The van der Waals surface area contributed by atoms with E-state index in [-0.39, 0.29) is 0 Å². The van der Waals surface area contributed by atoms with Crippen molar-refractivity contribution in [1.29, 1.82) is 0 Å². The lowest BCUT2D eigenvalue weighted by Gasteiger charge is -2.17. The molecule has 0 unspecified atom stereocenters. The van der Waals surface area contributed by atoms with Crippen LogP contribution in [0, 0.1) is 6.92 Å². The van der Waals surface area contributed by atoms with Crippen LogP contribution >= 0.6 is 0 Å². The third-order valence-corrected chi connectivity index (χ3v) is 1.85. The predicted molar refractivity (Wildman–Crippen MR) is 56.2 cm³/mol. The highest BCUT2D eigenvalue weighted by atomic mass is 16.3. The van der Waals surface area contributed by atoms with Gasteiger partial charge in [-0.05, 0) is 27.2 Å². The normalized spacial score (nSPS) is 11.4. The third kappa shape index (κ3) is 4.18. The van der Waals surface area contributed by atoms with Crippen molar-refractivity contribution in [2.24, 2.45) is 0 Å².